The first kappa shape index (κ1) is 18.1. The predicted molar refractivity (Wildman–Crippen MR) is 101 cm³/mol. The number of carbonyl (C=O) groups excluding carboxylic acids is 1. The number of fused-ring (bicyclic) bond motifs is 5. The van der Waals surface area contributed by atoms with E-state index in [9.17, 15) is 4.79 Å². The average molecular weight is 405 g/mol. The lowest BCUT2D eigenvalue weighted by Crippen LogP contribution is -2.64. The topological polar surface area (TPSA) is 66.5 Å². The van der Waals surface area contributed by atoms with Crippen LogP contribution >= 0.6 is 0 Å². The van der Waals surface area contributed by atoms with E-state index in [-0.39, 0.29) is 28.5 Å². The molecule has 6 nitrogen and oxygen atoms in total. The fraction of sp³-hybridized carbons (Fsp3) is 0.957. The molecule has 0 unspecified atom stereocenters. The van der Waals surface area contributed by atoms with Crippen molar-refractivity contribution in [3.63, 3.8) is 0 Å². The van der Waals surface area contributed by atoms with Gasteiger partial charge in [0.05, 0.1) is 32.5 Å². The Bertz CT molecular complexity index is 769. The molecular weight excluding hydrogens is 372 g/mol. The van der Waals surface area contributed by atoms with E-state index in [4.69, 9.17) is 23.7 Å². The Kier molecular flexibility index (Phi) is 3.28. The number of hydrogen-bond acceptors (Lipinski definition) is 6. The van der Waals surface area contributed by atoms with Crippen LogP contribution in [0.15, 0.2) is 0 Å². The maximum absolute atomic E-state index is 13.8. The minimum Gasteiger partial charge on any atom is -0.365 e. The van der Waals surface area contributed by atoms with Crippen molar-refractivity contribution in [2.45, 2.75) is 82.1 Å². The molecule has 3 spiro atoms. The SMILES string of the molecule is C[C@]12CC(=O)[C@H]3[C@@H](C[C@H]4O[C@]45CC4(CC[C@]35C)OCCO4)[C@@H]1CCC21OCCO1. The lowest BCUT2D eigenvalue weighted by Gasteiger charge is -2.59. The highest BCUT2D eigenvalue weighted by Crippen LogP contribution is 2.75. The molecule has 0 aromatic heterocycles. The molecule has 7 atom stereocenters. The molecule has 29 heavy (non-hydrogen) atoms. The third-order valence-electron chi connectivity index (χ3n) is 10.4. The Morgan fingerprint density at radius 1 is 0.897 bits per heavy atom. The highest BCUT2D eigenvalue weighted by atomic mass is 16.7. The highest BCUT2D eigenvalue weighted by Gasteiger charge is 2.80. The minimum absolute atomic E-state index is 0.0784. The van der Waals surface area contributed by atoms with Crippen LogP contribution in [-0.4, -0.2) is 55.5 Å². The smallest absolute Gasteiger partial charge is 0.174 e. The predicted octanol–water partition coefficient (Wildman–Crippen LogP) is 2.83. The summed E-state index contributed by atoms with van der Waals surface area (Å²) in [6.07, 6.45) is 6.41. The van der Waals surface area contributed by atoms with Gasteiger partial charge in [-0.15, -0.1) is 0 Å². The van der Waals surface area contributed by atoms with Gasteiger partial charge in [0, 0.05) is 42.4 Å². The number of hydrogen-bond donors (Lipinski definition) is 0. The van der Waals surface area contributed by atoms with Gasteiger partial charge in [0.1, 0.15) is 11.4 Å². The van der Waals surface area contributed by atoms with Gasteiger partial charge in [-0.2, -0.15) is 0 Å². The van der Waals surface area contributed by atoms with Crippen molar-refractivity contribution in [2.24, 2.45) is 28.6 Å². The zero-order valence-electron chi connectivity index (χ0n) is 17.5. The quantitative estimate of drug-likeness (QED) is 0.579. The molecule has 4 saturated carbocycles. The third kappa shape index (κ3) is 1.91. The van der Waals surface area contributed by atoms with Gasteiger partial charge in [-0.25, -0.2) is 0 Å². The molecule has 4 aliphatic carbocycles. The van der Waals surface area contributed by atoms with E-state index < -0.39 is 11.6 Å². The van der Waals surface area contributed by atoms with E-state index in [0.717, 1.165) is 38.5 Å². The lowest BCUT2D eigenvalue weighted by molar-refractivity contribution is -0.248. The second-order valence-electron chi connectivity index (χ2n) is 11.2. The van der Waals surface area contributed by atoms with Crippen molar-refractivity contribution >= 4 is 5.78 Å². The second kappa shape index (κ2) is 5.26. The van der Waals surface area contributed by atoms with E-state index in [1.165, 1.54) is 0 Å². The molecule has 7 aliphatic rings. The van der Waals surface area contributed by atoms with Crippen LogP contribution in [0.25, 0.3) is 0 Å². The van der Waals surface area contributed by atoms with Crippen LogP contribution in [0, 0.1) is 28.6 Å². The van der Waals surface area contributed by atoms with Gasteiger partial charge in [-0.05, 0) is 31.1 Å². The first-order valence-corrected chi connectivity index (χ1v) is 11.6. The summed E-state index contributed by atoms with van der Waals surface area (Å²) in [7, 11) is 0. The van der Waals surface area contributed by atoms with E-state index in [1.54, 1.807) is 0 Å². The van der Waals surface area contributed by atoms with Crippen molar-refractivity contribution < 1.29 is 28.5 Å². The van der Waals surface area contributed by atoms with Crippen molar-refractivity contribution in [3.05, 3.63) is 0 Å². The number of ketones is 1. The maximum Gasteiger partial charge on any atom is 0.174 e. The number of Topliss-reactive ketones (excluding diaryl/α,β-unsaturated/α-hetero) is 1. The van der Waals surface area contributed by atoms with E-state index in [2.05, 4.69) is 13.8 Å². The summed E-state index contributed by atoms with van der Waals surface area (Å²) in [4.78, 5) is 13.8. The molecule has 3 saturated heterocycles. The van der Waals surface area contributed by atoms with Gasteiger partial charge in [-0.3, -0.25) is 4.79 Å². The molecule has 3 aliphatic heterocycles. The summed E-state index contributed by atoms with van der Waals surface area (Å²) in [5, 5.41) is 0. The highest BCUT2D eigenvalue weighted by molar-refractivity contribution is 5.85. The van der Waals surface area contributed by atoms with E-state index >= 15 is 0 Å². The second-order valence-corrected chi connectivity index (χ2v) is 11.2. The third-order valence-corrected chi connectivity index (χ3v) is 10.4. The van der Waals surface area contributed by atoms with Crippen LogP contribution < -0.4 is 0 Å². The summed E-state index contributed by atoms with van der Waals surface area (Å²) in [6, 6.07) is 0. The Balaban J connectivity index is 1.26. The van der Waals surface area contributed by atoms with Crippen LogP contribution in [0.2, 0.25) is 0 Å². The maximum atomic E-state index is 13.8. The number of carbonyl (C=O) groups is 1. The minimum atomic E-state index is -0.541. The van der Waals surface area contributed by atoms with Crippen LogP contribution in [0.5, 0.6) is 0 Å². The Morgan fingerprint density at radius 2 is 1.62 bits per heavy atom. The van der Waals surface area contributed by atoms with Gasteiger partial charge in [0.15, 0.2) is 11.6 Å². The van der Waals surface area contributed by atoms with Crippen LogP contribution in [0.3, 0.4) is 0 Å². The molecule has 3 heterocycles. The van der Waals surface area contributed by atoms with Crippen molar-refractivity contribution in [3.8, 4) is 0 Å². The molecule has 7 fully saturated rings. The van der Waals surface area contributed by atoms with Gasteiger partial charge >= 0.3 is 0 Å². The Morgan fingerprint density at radius 3 is 2.38 bits per heavy atom. The van der Waals surface area contributed by atoms with Gasteiger partial charge in [0.25, 0.3) is 0 Å². The average Bonchev–Trinajstić information content (AvgIpc) is 3.06. The molecule has 160 valence electrons. The molecular formula is C23H32O6. The Labute approximate surface area is 171 Å². The molecule has 7 rings (SSSR count). The number of rotatable bonds is 0. The van der Waals surface area contributed by atoms with E-state index in [0.29, 0.717) is 50.5 Å². The van der Waals surface area contributed by atoms with Crippen molar-refractivity contribution in [2.75, 3.05) is 26.4 Å². The molecule has 0 N–H and O–H groups in total. The summed E-state index contributed by atoms with van der Waals surface area (Å²) in [6.45, 7) is 7.24. The fourth-order valence-electron chi connectivity index (χ4n) is 9.06. The Hall–Kier alpha value is -0.530. The molecule has 6 heteroatoms. The van der Waals surface area contributed by atoms with Gasteiger partial charge in [-0.1, -0.05) is 13.8 Å². The van der Waals surface area contributed by atoms with Crippen LogP contribution in [-0.2, 0) is 28.5 Å². The molecule has 0 amide bonds. The van der Waals surface area contributed by atoms with Crippen LogP contribution in [0.1, 0.15) is 58.8 Å². The van der Waals surface area contributed by atoms with Gasteiger partial charge < -0.3 is 23.7 Å². The molecule has 0 aromatic carbocycles. The summed E-state index contributed by atoms with van der Waals surface area (Å²) in [5.41, 5.74) is -0.565. The zero-order chi connectivity index (χ0) is 19.7. The molecule has 0 bridgehead atoms. The van der Waals surface area contributed by atoms with Gasteiger partial charge in [0.2, 0.25) is 0 Å². The first-order valence-electron chi connectivity index (χ1n) is 11.6. The van der Waals surface area contributed by atoms with Crippen molar-refractivity contribution in [1.82, 2.24) is 0 Å². The first-order chi connectivity index (χ1) is 13.9. The fourth-order valence-corrected chi connectivity index (χ4v) is 9.06. The molecule has 0 aromatic rings. The lowest BCUT2D eigenvalue weighted by atomic mass is 9.44. The molecule has 0 radical (unpaired) electrons. The van der Waals surface area contributed by atoms with E-state index in [1.807, 2.05) is 0 Å². The summed E-state index contributed by atoms with van der Waals surface area (Å²) >= 11 is 0. The number of epoxide rings is 1. The monoisotopic (exact) mass is 404 g/mol. The normalized spacial score (nSPS) is 56.1. The van der Waals surface area contributed by atoms with Crippen molar-refractivity contribution in [1.29, 1.82) is 0 Å². The zero-order valence-corrected chi connectivity index (χ0v) is 17.5. The number of ether oxygens (including phenoxy) is 5. The van der Waals surface area contributed by atoms with Crippen LogP contribution in [0.4, 0.5) is 0 Å². The largest absolute Gasteiger partial charge is 0.365 e. The summed E-state index contributed by atoms with van der Waals surface area (Å²) < 4.78 is 31.0. The standard InChI is InChI=1S/C23H32O6/c1-19-5-6-21(25-7-8-26-21)13-22(19)17(29-22)11-14-15-3-4-23(27-9-10-28-23)20(15,2)12-16(24)18(14)19/h14-15,17-18H,3-13H2,1-2H3/t14-,15-,17+,18+,19+,20-,22+/m0/s1. The summed E-state index contributed by atoms with van der Waals surface area (Å²) in [5.74, 6) is 0.316.